The van der Waals surface area contributed by atoms with Crippen LogP contribution in [0.5, 0.6) is 5.75 Å². The predicted octanol–water partition coefficient (Wildman–Crippen LogP) is 6.69. The van der Waals surface area contributed by atoms with Gasteiger partial charge in [-0.15, -0.1) is 0 Å². The Morgan fingerprint density at radius 3 is 2.23 bits per heavy atom. The summed E-state index contributed by atoms with van der Waals surface area (Å²) in [6.45, 7) is 18.9. The number of ether oxygens (including phenoxy) is 1. The molecule has 0 N–H and O–H groups in total. The monoisotopic (exact) mass is 696 g/mol. The number of nitrogens with zero attached hydrogens (tertiary/aromatic N) is 2. The molecule has 0 bridgehead atoms. The highest BCUT2D eigenvalue weighted by Crippen LogP contribution is 2.48. The van der Waals surface area contributed by atoms with Crippen molar-refractivity contribution in [2.24, 2.45) is 5.92 Å². The molecule has 250 valence electrons. The minimum Gasteiger partial charge on any atom is -1.00 e. The van der Waals surface area contributed by atoms with Gasteiger partial charge < -0.3 is 26.6 Å². The summed E-state index contributed by atoms with van der Waals surface area (Å²) < 4.78 is 8.45. The Morgan fingerprint density at radius 1 is 0.915 bits per heavy atom. The first-order valence-corrected chi connectivity index (χ1v) is 17.0. The third kappa shape index (κ3) is 7.21. The van der Waals surface area contributed by atoms with Crippen LogP contribution in [0.4, 0.5) is 11.4 Å². The second-order valence-electron chi connectivity index (χ2n) is 15.0. The number of fused-ring (bicyclic) bond motifs is 2. The fourth-order valence-corrected chi connectivity index (χ4v) is 7.48. The molecule has 5 heteroatoms. The normalized spacial score (nSPS) is 17.9. The Balaban J connectivity index is 0.00000500. The minimum absolute atomic E-state index is 0. The van der Waals surface area contributed by atoms with Crippen molar-refractivity contribution in [2.45, 2.75) is 90.9 Å². The predicted molar refractivity (Wildman–Crippen MR) is 193 cm³/mol. The van der Waals surface area contributed by atoms with Crippen LogP contribution in [0.2, 0.25) is 0 Å². The van der Waals surface area contributed by atoms with Crippen molar-refractivity contribution in [2.75, 3.05) is 25.1 Å². The van der Waals surface area contributed by atoms with Crippen molar-refractivity contribution in [1.29, 1.82) is 0 Å². The van der Waals surface area contributed by atoms with Gasteiger partial charge >= 0.3 is 0 Å². The van der Waals surface area contributed by atoms with Gasteiger partial charge in [0.15, 0.2) is 11.5 Å². The maximum Gasteiger partial charge on any atom is 0.209 e. The standard InChI is InChI=1S/C42H53N2O2.BrH/c1-10-30(36(45)29-46-37-25-16-13-22-33(37)40(2,3)4)19-18-28-44-35-24-15-12-21-32(35)42(7,8)39(44)27-17-26-38-41(5,6)31-20-11-14-23-34(31)43(38)9;/h11-17,20-27,30H,10,18-19,28-29H2,1-9H3;1H/q+1;/p-1. The Bertz CT molecular complexity index is 1690. The maximum atomic E-state index is 13.4. The van der Waals surface area contributed by atoms with Gasteiger partial charge in [-0.1, -0.05) is 102 Å². The van der Waals surface area contributed by atoms with E-state index in [9.17, 15) is 4.79 Å². The molecule has 0 saturated carbocycles. The van der Waals surface area contributed by atoms with Gasteiger partial charge in [0.1, 0.15) is 19.4 Å². The molecule has 0 aliphatic carbocycles. The topological polar surface area (TPSA) is 32.5 Å². The molecule has 1 atom stereocenters. The Labute approximate surface area is 294 Å². The van der Waals surface area contributed by atoms with Crippen LogP contribution in [-0.2, 0) is 21.0 Å². The van der Waals surface area contributed by atoms with E-state index >= 15 is 0 Å². The van der Waals surface area contributed by atoms with Gasteiger partial charge in [-0.3, -0.25) is 4.79 Å². The molecule has 47 heavy (non-hydrogen) atoms. The number of hydrogen-bond acceptors (Lipinski definition) is 3. The van der Waals surface area contributed by atoms with Crippen molar-refractivity contribution < 1.29 is 31.1 Å². The van der Waals surface area contributed by atoms with Crippen LogP contribution in [0.3, 0.4) is 0 Å². The molecule has 0 spiro atoms. The summed E-state index contributed by atoms with van der Waals surface area (Å²) in [6, 6.07) is 25.6. The first kappa shape index (κ1) is 36.4. The summed E-state index contributed by atoms with van der Waals surface area (Å²) in [7, 11) is 2.17. The van der Waals surface area contributed by atoms with Gasteiger partial charge in [-0.25, -0.2) is 0 Å². The zero-order valence-corrected chi connectivity index (χ0v) is 31.4. The number of allylic oxidation sites excluding steroid dienone is 4. The van der Waals surface area contributed by atoms with Crippen LogP contribution in [0.15, 0.2) is 96.7 Å². The lowest BCUT2D eigenvalue weighted by molar-refractivity contribution is -0.401. The third-order valence-electron chi connectivity index (χ3n) is 10.2. The van der Waals surface area contributed by atoms with Crippen molar-refractivity contribution >= 4 is 22.9 Å². The number of para-hydroxylation sites is 3. The van der Waals surface area contributed by atoms with Gasteiger partial charge in [0.05, 0.1) is 5.41 Å². The molecule has 0 aromatic heterocycles. The highest BCUT2D eigenvalue weighted by Gasteiger charge is 2.43. The SMILES string of the molecule is CCC(CCCN1C(=CC=CC2=[N+](C)c3ccccc3C2(C)C)C(C)(C)c2ccccc21)C(=O)COc1ccccc1C(C)(C)C.[Br-]. The second kappa shape index (κ2) is 14.4. The van der Waals surface area contributed by atoms with E-state index in [1.54, 1.807) is 0 Å². The summed E-state index contributed by atoms with van der Waals surface area (Å²) in [4.78, 5) is 15.8. The van der Waals surface area contributed by atoms with E-state index < -0.39 is 0 Å². The van der Waals surface area contributed by atoms with Gasteiger partial charge in [0, 0.05) is 47.0 Å². The van der Waals surface area contributed by atoms with E-state index in [4.69, 9.17) is 4.74 Å². The highest BCUT2D eigenvalue weighted by atomic mass is 79.9. The second-order valence-corrected chi connectivity index (χ2v) is 15.0. The molecule has 0 radical (unpaired) electrons. The van der Waals surface area contributed by atoms with E-state index in [0.29, 0.717) is 0 Å². The molecule has 1 unspecified atom stereocenters. The third-order valence-corrected chi connectivity index (χ3v) is 10.2. The van der Waals surface area contributed by atoms with Gasteiger partial charge in [-0.05, 0) is 67.9 Å². The average molecular weight is 698 g/mol. The van der Waals surface area contributed by atoms with Crippen LogP contribution >= 0.6 is 0 Å². The van der Waals surface area contributed by atoms with E-state index in [2.05, 4.69) is 145 Å². The Morgan fingerprint density at radius 2 is 1.55 bits per heavy atom. The van der Waals surface area contributed by atoms with Crippen molar-refractivity contribution in [3.8, 4) is 5.75 Å². The molecule has 2 aliphatic heterocycles. The van der Waals surface area contributed by atoms with E-state index in [1.165, 1.54) is 33.9 Å². The molecule has 0 fully saturated rings. The molecule has 2 aliphatic rings. The average Bonchev–Trinajstić information content (AvgIpc) is 3.36. The summed E-state index contributed by atoms with van der Waals surface area (Å²) in [5.74, 6) is 0.984. The first-order chi connectivity index (χ1) is 21.8. The van der Waals surface area contributed by atoms with Crippen LogP contribution < -0.4 is 26.6 Å². The number of halogens is 1. The van der Waals surface area contributed by atoms with Crippen LogP contribution in [-0.4, -0.2) is 36.3 Å². The first-order valence-electron chi connectivity index (χ1n) is 17.0. The number of anilines is 1. The molecular formula is C42H53BrN2O2. The molecule has 2 heterocycles. The number of rotatable bonds is 11. The summed E-state index contributed by atoms with van der Waals surface area (Å²) in [6.07, 6.45) is 9.42. The lowest BCUT2D eigenvalue weighted by atomic mass is 9.81. The van der Waals surface area contributed by atoms with Gasteiger partial charge in [-0.2, -0.15) is 4.58 Å². The zero-order valence-electron chi connectivity index (χ0n) is 29.9. The fraction of sp³-hybridized carbons (Fsp3) is 0.429. The fourth-order valence-electron chi connectivity index (χ4n) is 7.48. The van der Waals surface area contributed by atoms with Gasteiger partial charge in [0.2, 0.25) is 5.69 Å². The molecule has 0 saturated heterocycles. The van der Waals surface area contributed by atoms with E-state index in [1.807, 2.05) is 18.2 Å². The van der Waals surface area contributed by atoms with Crippen LogP contribution in [0.1, 0.15) is 91.3 Å². The molecule has 4 nitrogen and oxygen atoms in total. The molecule has 3 aromatic carbocycles. The number of carbonyl (C=O) groups excluding carboxylic acids is 1. The number of ketones is 1. The lowest BCUT2D eigenvalue weighted by Gasteiger charge is -2.27. The molecule has 0 amide bonds. The molecular weight excluding hydrogens is 644 g/mol. The summed E-state index contributed by atoms with van der Waals surface area (Å²) >= 11 is 0. The number of hydrogen-bond donors (Lipinski definition) is 0. The van der Waals surface area contributed by atoms with E-state index in [0.717, 1.165) is 37.1 Å². The number of benzene rings is 3. The minimum atomic E-state index is -0.125. The lowest BCUT2D eigenvalue weighted by Crippen LogP contribution is -3.00. The smallest absolute Gasteiger partial charge is 0.209 e. The highest BCUT2D eigenvalue weighted by molar-refractivity contribution is 6.03. The molecule has 3 aromatic rings. The van der Waals surface area contributed by atoms with Gasteiger partial charge in [0.25, 0.3) is 0 Å². The quantitative estimate of drug-likeness (QED) is 0.210. The van der Waals surface area contributed by atoms with Crippen LogP contribution in [0.25, 0.3) is 0 Å². The van der Waals surface area contributed by atoms with Crippen molar-refractivity contribution in [3.63, 3.8) is 0 Å². The van der Waals surface area contributed by atoms with Crippen LogP contribution in [0, 0.1) is 5.92 Å². The number of Topliss-reactive ketones (excluding diaryl/α,β-unsaturated/α-hetero) is 1. The Kier molecular flexibility index (Phi) is 11.1. The summed E-state index contributed by atoms with van der Waals surface area (Å²) in [5, 5.41) is 0. The maximum absolute atomic E-state index is 13.4. The van der Waals surface area contributed by atoms with Crippen molar-refractivity contribution in [1.82, 2.24) is 0 Å². The zero-order chi connectivity index (χ0) is 33.3. The van der Waals surface area contributed by atoms with E-state index in [-0.39, 0.29) is 51.5 Å². The molecule has 5 rings (SSSR count). The summed E-state index contributed by atoms with van der Waals surface area (Å²) in [5.41, 5.74) is 8.75. The Hall–Kier alpha value is -3.44. The largest absolute Gasteiger partial charge is 1.00 e. The van der Waals surface area contributed by atoms with Crippen molar-refractivity contribution in [3.05, 3.63) is 113 Å². The number of carbonyl (C=O) groups is 1.